The number of hydrogen-bond acceptors (Lipinski definition) is 6. The third kappa shape index (κ3) is 6.14. The summed E-state index contributed by atoms with van der Waals surface area (Å²) in [5.74, 6) is -3.25. The van der Waals surface area contributed by atoms with Gasteiger partial charge in [0.25, 0.3) is 12.3 Å². The number of alkyl halides is 2. The van der Waals surface area contributed by atoms with E-state index in [1.165, 1.54) is 19.1 Å². The Balaban J connectivity index is 1.52. The molecule has 2 bridgehead atoms. The molecule has 0 heterocycles. The summed E-state index contributed by atoms with van der Waals surface area (Å²) in [4.78, 5) is 24.9. The van der Waals surface area contributed by atoms with Crippen LogP contribution in [-0.4, -0.2) is 53.9 Å². The number of hydrogen-bond donors (Lipinski definition) is 4. The average Bonchev–Trinajstić information content (AvgIpc) is 3.04. The summed E-state index contributed by atoms with van der Waals surface area (Å²) in [6.07, 6.45) is -2.75. The monoisotopic (exact) mass is 602 g/mol. The Hall–Kier alpha value is -2.67. The highest BCUT2D eigenvalue weighted by atomic mass is 35.5. The Morgan fingerprint density at radius 2 is 1.77 bits per heavy atom. The number of rotatable bonds is 9. The van der Waals surface area contributed by atoms with E-state index >= 15 is 0 Å². The standard InChI is InChI=1S/C27H30ClF3N2O6S/c1-14(34)13-32-24(35)12-27(37)16-3-4-17(27)10-19(9-16)40(38,39)23-8-15(2-6-21(23)28)26(36)33-18-5-7-22(29)20(11-18)25(30)31/h2,5-8,11,14,16-17,19,25,34,37H,3-4,9-10,12-13H2,1H3,(H,32,35)(H,33,36)/t14-,16?,17?,19?,27?/m0/s1. The fraction of sp³-hybridized carbons (Fsp3) is 0.481. The number of amides is 2. The molecule has 2 aromatic carbocycles. The van der Waals surface area contributed by atoms with E-state index in [1.54, 1.807) is 0 Å². The second kappa shape index (κ2) is 11.7. The number of aliphatic hydroxyl groups excluding tert-OH is 1. The van der Waals surface area contributed by atoms with Crippen LogP contribution >= 0.6 is 11.6 Å². The van der Waals surface area contributed by atoms with Crippen LogP contribution in [0.1, 0.15) is 61.4 Å². The summed E-state index contributed by atoms with van der Waals surface area (Å²) in [5, 5.41) is 24.7. The number of fused-ring (bicyclic) bond motifs is 2. The van der Waals surface area contributed by atoms with Crippen LogP contribution in [0, 0.1) is 17.7 Å². The van der Waals surface area contributed by atoms with E-state index in [-0.39, 0.29) is 47.0 Å². The molecule has 2 aromatic rings. The van der Waals surface area contributed by atoms with E-state index < -0.39 is 68.2 Å². The fourth-order valence-electron chi connectivity index (χ4n) is 5.77. The predicted molar refractivity (Wildman–Crippen MR) is 141 cm³/mol. The molecule has 0 spiro atoms. The first-order chi connectivity index (χ1) is 18.7. The van der Waals surface area contributed by atoms with Crippen molar-refractivity contribution in [2.45, 2.75) is 67.3 Å². The normalized spacial score (nSPS) is 25.1. The molecule has 4 N–H and O–H groups in total. The van der Waals surface area contributed by atoms with E-state index in [1.807, 2.05) is 0 Å². The fourth-order valence-corrected chi connectivity index (χ4v) is 8.17. The van der Waals surface area contributed by atoms with Gasteiger partial charge < -0.3 is 20.8 Å². The number of nitrogens with one attached hydrogen (secondary N) is 2. The van der Waals surface area contributed by atoms with Gasteiger partial charge in [-0.05, 0) is 80.8 Å². The molecule has 8 nitrogen and oxygen atoms in total. The number of benzene rings is 2. The van der Waals surface area contributed by atoms with Crippen LogP contribution in [0.5, 0.6) is 0 Å². The van der Waals surface area contributed by atoms with Gasteiger partial charge in [0, 0.05) is 17.8 Å². The van der Waals surface area contributed by atoms with Crippen molar-refractivity contribution in [3.63, 3.8) is 0 Å². The van der Waals surface area contributed by atoms with E-state index in [2.05, 4.69) is 10.6 Å². The van der Waals surface area contributed by atoms with Crippen LogP contribution in [0.3, 0.4) is 0 Å². The van der Waals surface area contributed by atoms with Crippen molar-refractivity contribution in [1.29, 1.82) is 0 Å². The Morgan fingerprint density at radius 1 is 1.12 bits per heavy atom. The lowest BCUT2D eigenvalue weighted by Gasteiger charge is -2.42. The van der Waals surface area contributed by atoms with Crippen LogP contribution < -0.4 is 10.6 Å². The summed E-state index contributed by atoms with van der Waals surface area (Å²) >= 11 is 6.25. The highest BCUT2D eigenvalue weighted by Gasteiger charge is 2.56. The molecule has 2 aliphatic rings. The van der Waals surface area contributed by atoms with Crippen molar-refractivity contribution in [1.82, 2.24) is 5.32 Å². The molecular formula is C27H30ClF3N2O6S. The van der Waals surface area contributed by atoms with Crippen LogP contribution in [-0.2, 0) is 14.6 Å². The molecule has 0 saturated heterocycles. The minimum atomic E-state index is -4.08. The zero-order valence-electron chi connectivity index (χ0n) is 21.5. The maximum Gasteiger partial charge on any atom is 0.266 e. The number of aliphatic hydroxyl groups is 2. The molecule has 4 rings (SSSR count). The van der Waals surface area contributed by atoms with Gasteiger partial charge in [0.15, 0.2) is 9.84 Å². The van der Waals surface area contributed by atoms with Crippen molar-refractivity contribution in [3.8, 4) is 0 Å². The molecule has 2 saturated carbocycles. The molecule has 40 heavy (non-hydrogen) atoms. The second-order valence-electron chi connectivity index (χ2n) is 10.6. The third-order valence-electron chi connectivity index (χ3n) is 7.84. The molecule has 218 valence electrons. The van der Waals surface area contributed by atoms with Gasteiger partial charge in [-0.15, -0.1) is 0 Å². The highest BCUT2D eigenvalue weighted by molar-refractivity contribution is 7.92. The second-order valence-corrected chi connectivity index (χ2v) is 13.2. The first kappa shape index (κ1) is 30.3. The minimum absolute atomic E-state index is 0.0399. The van der Waals surface area contributed by atoms with Gasteiger partial charge in [-0.25, -0.2) is 21.6 Å². The largest absolute Gasteiger partial charge is 0.392 e. The molecule has 13 heteroatoms. The van der Waals surface area contributed by atoms with Gasteiger partial charge in [-0.1, -0.05) is 11.6 Å². The van der Waals surface area contributed by atoms with Crippen molar-refractivity contribution >= 4 is 38.9 Å². The smallest absolute Gasteiger partial charge is 0.266 e. The van der Waals surface area contributed by atoms with Crippen LogP contribution in [0.2, 0.25) is 5.02 Å². The average molecular weight is 603 g/mol. The lowest BCUT2D eigenvalue weighted by molar-refractivity contribution is -0.133. The van der Waals surface area contributed by atoms with Crippen LogP contribution in [0.4, 0.5) is 18.9 Å². The van der Waals surface area contributed by atoms with E-state index in [0.717, 1.165) is 24.3 Å². The van der Waals surface area contributed by atoms with Crippen LogP contribution in [0.25, 0.3) is 0 Å². The topological polar surface area (TPSA) is 133 Å². The summed E-state index contributed by atoms with van der Waals surface area (Å²) in [5.41, 5.74) is -2.45. The number of carbonyl (C=O) groups excluding carboxylic acids is 2. The van der Waals surface area contributed by atoms with Gasteiger partial charge >= 0.3 is 0 Å². The van der Waals surface area contributed by atoms with Gasteiger partial charge in [0.1, 0.15) is 5.82 Å². The van der Waals surface area contributed by atoms with Crippen molar-refractivity contribution in [2.75, 3.05) is 11.9 Å². The Kier molecular flexibility index (Phi) is 8.84. The van der Waals surface area contributed by atoms with E-state index in [0.29, 0.717) is 12.8 Å². The summed E-state index contributed by atoms with van der Waals surface area (Å²) < 4.78 is 67.1. The third-order valence-corrected chi connectivity index (χ3v) is 10.5. The molecular weight excluding hydrogens is 573 g/mol. The number of halogens is 4. The Morgan fingerprint density at radius 3 is 2.38 bits per heavy atom. The van der Waals surface area contributed by atoms with Gasteiger partial charge in [0.2, 0.25) is 5.91 Å². The SMILES string of the molecule is C[C@H](O)CNC(=O)CC1(O)C2CCC1CC(S(=O)(=O)c1cc(C(=O)Nc3ccc(F)c(C(F)F)c3)ccc1Cl)C2. The van der Waals surface area contributed by atoms with Gasteiger partial charge in [0.05, 0.1) is 38.9 Å². The van der Waals surface area contributed by atoms with Crippen molar-refractivity contribution in [2.24, 2.45) is 11.8 Å². The Labute approximate surface area is 234 Å². The molecule has 2 amide bonds. The van der Waals surface area contributed by atoms with Crippen molar-refractivity contribution in [3.05, 3.63) is 58.4 Å². The van der Waals surface area contributed by atoms with Gasteiger partial charge in [-0.3, -0.25) is 9.59 Å². The first-order valence-electron chi connectivity index (χ1n) is 12.8. The van der Waals surface area contributed by atoms with E-state index in [9.17, 15) is 41.4 Å². The summed E-state index contributed by atoms with van der Waals surface area (Å²) in [7, 11) is -4.08. The quantitative estimate of drug-likeness (QED) is 0.339. The molecule has 0 radical (unpaired) electrons. The molecule has 0 aliphatic heterocycles. The minimum Gasteiger partial charge on any atom is -0.392 e. The molecule has 2 unspecified atom stereocenters. The molecule has 2 fully saturated rings. The van der Waals surface area contributed by atoms with Crippen molar-refractivity contribution < 1.29 is 41.4 Å². The van der Waals surface area contributed by atoms with Gasteiger partial charge in [-0.2, -0.15) is 0 Å². The zero-order chi connectivity index (χ0) is 29.4. The number of carbonyl (C=O) groups is 2. The zero-order valence-corrected chi connectivity index (χ0v) is 23.1. The summed E-state index contributed by atoms with van der Waals surface area (Å²) in [6, 6.07) is 6.34. The number of sulfone groups is 1. The van der Waals surface area contributed by atoms with E-state index in [4.69, 9.17) is 11.6 Å². The maximum atomic E-state index is 13.7. The first-order valence-corrected chi connectivity index (χ1v) is 14.7. The lowest BCUT2D eigenvalue weighted by atomic mass is 9.72. The predicted octanol–water partition coefficient (Wildman–Crippen LogP) is 4.25. The maximum absolute atomic E-state index is 13.7. The molecule has 3 atom stereocenters. The molecule has 0 aromatic heterocycles. The summed E-state index contributed by atoms with van der Waals surface area (Å²) in [6.45, 7) is 1.56. The van der Waals surface area contributed by atoms with Crippen LogP contribution in [0.15, 0.2) is 41.3 Å². The Bertz CT molecular complexity index is 1390. The molecule has 2 aliphatic carbocycles. The number of anilines is 1. The lowest BCUT2D eigenvalue weighted by Crippen LogP contribution is -2.51. The highest BCUT2D eigenvalue weighted by Crippen LogP contribution is 2.53.